The van der Waals surface area contributed by atoms with Crippen molar-refractivity contribution < 1.29 is 4.79 Å². The van der Waals surface area contributed by atoms with Crippen molar-refractivity contribution >= 4 is 5.91 Å². The van der Waals surface area contributed by atoms with Crippen molar-refractivity contribution in [3.05, 3.63) is 35.4 Å². The van der Waals surface area contributed by atoms with Crippen LogP contribution in [0.4, 0.5) is 0 Å². The first-order valence-electron chi connectivity index (χ1n) is 10.4. The van der Waals surface area contributed by atoms with Gasteiger partial charge >= 0.3 is 0 Å². The average molecular weight is 357 g/mol. The van der Waals surface area contributed by atoms with Crippen LogP contribution >= 0.6 is 0 Å². The van der Waals surface area contributed by atoms with E-state index in [9.17, 15) is 4.79 Å². The van der Waals surface area contributed by atoms with Crippen molar-refractivity contribution in [2.75, 3.05) is 19.6 Å². The van der Waals surface area contributed by atoms with E-state index in [4.69, 9.17) is 0 Å². The number of hydrazine groups is 1. The van der Waals surface area contributed by atoms with Crippen LogP contribution in [0.25, 0.3) is 0 Å². The number of carbonyl (C=O) groups is 1. The first-order valence-corrected chi connectivity index (χ1v) is 10.4. The molecule has 1 amide bonds. The van der Waals surface area contributed by atoms with Gasteiger partial charge in [0.25, 0.3) is 0 Å². The maximum atomic E-state index is 12.2. The summed E-state index contributed by atoms with van der Waals surface area (Å²) in [4.78, 5) is 14.7. The number of carbonyl (C=O) groups excluding carboxylic acids is 1. The monoisotopic (exact) mass is 356 g/mol. The molecular weight excluding hydrogens is 324 g/mol. The summed E-state index contributed by atoms with van der Waals surface area (Å²) in [5.41, 5.74) is 9.79. The van der Waals surface area contributed by atoms with Crippen molar-refractivity contribution in [3.63, 3.8) is 0 Å². The molecule has 0 aromatic heterocycles. The first kappa shape index (κ1) is 18.0. The van der Waals surface area contributed by atoms with Crippen LogP contribution in [-0.4, -0.2) is 42.5 Å². The Morgan fingerprint density at radius 1 is 1.15 bits per heavy atom. The molecule has 3 unspecified atom stereocenters. The Labute approximate surface area is 156 Å². The lowest BCUT2D eigenvalue weighted by Crippen LogP contribution is -2.38. The predicted octanol–water partition coefficient (Wildman–Crippen LogP) is 1.98. The summed E-state index contributed by atoms with van der Waals surface area (Å²) in [6.45, 7) is 3.79. The Morgan fingerprint density at radius 2 is 2.00 bits per heavy atom. The largest absolute Gasteiger partial charge is 0.355 e. The lowest BCUT2D eigenvalue weighted by molar-refractivity contribution is -0.121. The van der Waals surface area contributed by atoms with Gasteiger partial charge in [0.1, 0.15) is 0 Å². The van der Waals surface area contributed by atoms with Gasteiger partial charge in [0, 0.05) is 44.7 Å². The summed E-state index contributed by atoms with van der Waals surface area (Å²) < 4.78 is 0. The van der Waals surface area contributed by atoms with Gasteiger partial charge in [0.15, 0.2) is 0 Å². The summed E-state index contributed by atoms with van der Waals surface area (Å²) >= 11 is 0. The highest BCUT2D eigenvalue weighted by Crippen LogP contribution is 2.31. The van der Waals surface area contributed by atoms with E-state index in [1.54, 1.807) is 0 Å². The van der Waals surface area contributed by atoms with Crippen LogP contribution < -0.4 is 16.2 Å². The number of nitrogens with one attached hydrogen (secondary N) is 3. The van der Waals surface area contributed by atoms with Crippen molar-refractivity contribution in [3.8, 4) is 0 Å². The van der Waals surface area contributed by atoms with Crippen LogP contribution in [0.5, 0.6) is 0 Å². The maximum absolute atomic E-state index is 12.2. The van der Waals surface area contributed by atoms with Crippen molar-refractivity contribution in [1.82, 2.24) is 21.1 Å². The second-order valence-electron chi connectivity index (χ2n) is 8.13. The van der Waals surface area contributed by atoms with E-state index in [0.29, 0.717) is 24.4 Å². The molecule has 2 fully saturated rings. The third-order valence-corrected chi connectivity index (χ3v) is 6.43. The van der Waals surface area contributed by atoms with Gasteiger partial charge in [-0.15, -0.1) is 0 Å². The highest BCUT2D eigenvalue weighted by atomic mass is 16.1. The van der Waals surface area contributed by atoms with Crippen LogP contribution in [0.3, 0.4) is 0 Å². The third kappa shape index (κ3) is 4.27. The SMILES string of the molecule is O=C(CCC1NNC2CCCCC21)NCCN1CCc2ccccc2C1. The van der Waals surface area contributed by atoms with Crippen molar-refractivity contribution in [2.24, 2.45) is 5.92 Å². The van der Waals surface area contributed by atoms with E-state index in [0.717, 1.165) is 39.0 Å². The minimum absolute atomic E-state index is 0.198. The number of nitrogens with zero attached hydrogens (tertiary/aromatic N) is 1. The fourth-order valence-corrected chi connectivity index (χ4v) is 4.90. The number of amides is 1. The maximum Gasteiger partial charge on any atom is 0.220 e. The molecule has 142 valence electrons. The van der Waals surface area contributed by atoms with Gasteiger partial charge in [0.05, 0.1) is 0 Å². The summed E-state index contributed by atoms with van der Waals surface area (Å²) in [7, 11) is 0. The Kier molecular flexibility index (Phi) is 5.88. The first-order chi connectivity index (χ1) is 12.8. The third-order valence-electron chi connectivity index (χ3n) is 6.43. The number of rotatable bonds is 6. The van der Waals surface area contributed by atoms with Crippen LogP contribution in [0.2, 0.25) is 0 Å². The molecular formula is C21H32N4O. The second kappa shape index (κ2) is 8.51. The molecule has 2 heterocycles. The van der Waals surface area contributed by atoms with Gasteiger partial charge in [-0.1, -0.05) is 37.1 Å². The van der Waals surface area contributed by atoms with E-state index in [1.165, 1.54) is 36.8 Å². The molecule has 1 aromatic carbocycles. The van der Waals surface area contributed by atoms with Crippen LogP contribution in [0.1, 0.15) is 49.7 Å². The van der Waals surface area contributed by atoms with E-state index in [-0.39, 0.29) is 5.91 Å². The Bertz CT molecular complexity index is 620. The molecule has 5 nitrogen and oxygen atoms in total. The highest BCUT2D eigenvalue weighted by Gasteiger charge is 2.36. The molecule has 0 spiro atoms. The topological polar surface area (TPSA) is 56.4 Å². The molecule has 1 saturated carbocycles. The van der Waals surface area contributed by atoms with Crippen LogP contribution in [-0.2, 0) is 17.8 Å². The molecule has 4 rings (SSSR count). The molecule has 26 heavy (non-hydrogen) atoms. The average Bonchev–Trinajstić information content (AvgIpc) is 3.09. The van der Waals surface area contributed by atoms with Crippen molar-refractivity contribution in [1.29, 1.82) is 0 Å². The van der Waals surface area contributed by atoms with E-state index < -0.39 is 0 Å². The van der Waals surface area contributed by atoms with E-state index in [1.807, 2.05) is 0 Å². The Hall–Kier alpha value is -1.43. The molecule has 3 N–H and O–H groups in total. The van der Waals surface area contributed by atoms with Gasteiger partial charge in [-0.2, -0.15) is 0 Å². The molecule has 2 aliphatic heterocycles. The predicted molar refractivity (Wildman–Crippen MR) is 103 cm³/mol. The Balaban J connectivity index is 1.14. The summed E-state index contributed by atoms with van der Waals surface area (Å²) in [6.07, 6.45) is 7.94. The molecule has 1 aliphatic carbocycles. The van der Waals surface area contributed by atoms with Crippen molar-refractivity contribution in [2.45, 2.75) is 63.6 Å². The molecule has 1 aromatic rings. The van der Waals surface area contributed by atoms with Gasteiger partial charge in [0.2, 0.25) is 5.91 Å². The minimum atomic E-state index is 0.198. The molecule has 0 radical (unpaired) electrons. The number of benzene rings is 1. The molecule has 3 aliphatic rings. The highest BCUT2D eigenvalue weighted by molar-refractivity contribution is 5.75. The number of hydrogen-bond acceptors (Lipinski definition) is 4. The quantitative estimate of drug-likeness (QED) is 0.730. The molecule has 1 saturated heterocycles. The zero-order valence-corrected chi connectivity index (χ0v) is 15.7. The van der Waals surface area contributed by atoms with Gasteiger partial charge < -0.3 is 5.32 Å². The van der Waals surface area contributed by atoms with Crippen LogP contribution in [0, 0.1) is 5.92 Å². The smallest absolute Gasteiger partial charge is 0.220 e. The molecule has 5 heteroatoms. The summed E-state index contributed by atoms with van der Waals surface area (Å²) in [6, 6.07) is 9.79. The number of fused-ring (bicyclic) bond motifs is 2. The fourth-order valence-electron chi connectivity index (χ4n) is 4.90. The minimum Gasteiger partial charge on any atom is -0.355 e. The summed E-state index contributed by atoms with van der Waals surface area (Å²) in [5, 5.41) is 3.12. The second-order valence-corrected chi connectivity index (χ2v) is 8.13. The fraction of sp³-hybridized carbons (Fsp3) is 0.667. The van der Waals surface area contributed by atoms with Gasteiger partial charge in [-0.25, -0.2) is 0 Å². The molecule has 3 atom stereocenters. The lowest BCUT2D eigenvalue weighted by atomic mass is 9.80. The zero-order chi connectivity index (χ0) is 17.8. The van der Waals surface area contributed by atoms with Gasteiger partial charge in [-0.05, 0) is 42.7 Å². The normalized spacial score (nSPS) is 28.4. The summed E-state index contributed by atoms with van der Waals surface area (Å²) in [5.74, 6) is 0.911. The Morgan fingerprint density at radius 3 is 2.92 bits per heavy atom. The standard InChI is InChI=1S/C21H32N4O/c26-21(10-9-20-18-7-3-4-8-19(18)23-24-20)22-12-14-25-13-11-16-5-1-2-6-17(16)15-25/h1-2,5-6,18-20,23-24H,3-4,7-15H2,(H,22,26). The van der Waals surface area contributed by atoms with E-state index >= 15 is 0 Å². The number of hydrogen-bond donors (Lipinski definition) is 3. The van der Waals surface area contributed by atoms with E-state index in [2.05, 4.69) is 45.3 Å². The van der Waals surface area contributed by atoms with Crippen LogP contribution in [0.15, 0.2) is 24.3 Å². The van der Waals surface area contributed by atoms with Gasteiger partial charge in [-0.3, -0.25) is 20.5 Å². The lowest BCUT2D eigenvalue weighted by Gasteiger charge is -2.28. The molecule has 0 bridgehead atoms. The zero-order valence-electron chi connectivity index (χ0n) is 15.7.